The molecule has 2 unspecified atom stereocenters. The summed E-state index contributed by atoms with van der Waals surface area (Å²) in [6.07, 6.45) is 3.89. The fourth-order valence-electron chi connectivity index (χ4n) is 4.61. The van der Waals surface area contributed by atoms with E-state index in [1.54, 1.807) is 0 Å². The molecule has 0 radical (unpaired) electrons. The molecule has 2 atom stereocenters. The Morgan fingerprint density at radius 1 is 0.481 bits per heavy atom. The van der Waals surface area contributed by atoms with Crippen molar-refractivity contribution in [2.45, 2.75) is 25.9 Å². The Balaban J connectivity index is 0.00000325. The molecule has 14 nitrogen and oxygen atoms in total. The van der Waals surface area contributed by atoms with Crippen LogP contribution in [-0.2, 0) is 0 Å². The van der Waals surface area contributed by atoms with E-state index in [1.807, 2.05) is 123 Å². The molecule has 0 aliphatic rings. The maximum absolute atomic E-state index is 9.50. The number of rotatable bonds is 16. The Labute approximate surface area is 358 Å². The van der Waals surface area contributed by atoms with E-state index in [9.17, 15) is 10.2 Å². The van der Waals surface area contributed by atoms with Gasteiger partial charge in [0.2, 0.25) is 35.7 Å². The van der Waals surface area contributed by atoms with Crippen molar-refractivity contribution in [2.24, 2.45) is 0 Å². The molecular formula is C38H38N12Na2O2. The second kappa shape index (κ2) is 21.3. The molecule has 0 amide bonds. The zero-order valence-corrected chi connectivity index (χ0v) is 34.5. The zero-order chi connectivity index (χ0) is 36.1. The second-order valence-electron chi connectivity index (χ2n) is 11.7. The molecule has 2 heterocycles. The van der Waals surface area contributed by atoms with Crippen LogP contribution in [0.3, 0.4) is 0 Å². The average molecular weight is 741 g/mol. The second-order valence-corrected chi connectivity index (χ2v) is 11.7. The maximum Gasteiger partial charge on any atom is 1.00 e. The Hall–Kier alpha value is -4.64. The van der Waals surface area contributed by atoms with Gasteiger partial charge in [-0.25, -0.2) is 0 Å². The third kappa shape index (κ3) is 13.0. The first-order valence-corrected chi connectivity index (χ1v) is 16.6. The van der Waals surface area contributed by atoms with Gasteiger partial charge in [-0.2, -0.15) is 53.2 Å². The maximum atomic E-state index is 9.50. The van der Waals surface area contributed by atoms with Gasteiger partial charge in [-0.15, -0.1) is 48.5 Å². The van der Waals surface area contributed by atoms with Crippen LogP contribution in [0.2, 0.25) is 0 Å². The summed E-state index contributed by atoms with van der Waals surface area (Å²) in [7, 11) is 0. The number of aliphatic hydroxyl groups excluding tert-OH is 2. The van der Waals surface area contributed by atoms with E-state index in [0.29, 0.717) is 35.7 Å². The summed E-state index contributed by atoms with van der Waals surface area (Å²) < 4.78 is 0. The molecule has 0 fully saturated rings. The smallest absolute Gasteiger partial charge is 0.394 e. The van der Waals surface area contributed by atoms with Gasteiger partial charge in [0, 0.05) is 23.5 Å². The molecule has 264 valence electrons. The SMILES string of the molecule is CC(CO)Nc1nc(Nc2c[c-]c(C=Cc3[c-]cc(Nc4nc(Nc5ccccc5)nc(NC(C)CO)n4)cc3)cc2)nc(Nc2ccccc2)n1.[Na+].[Na+]. The summed E-state index contributed by atoms with van der Waals surface area (Å²) in [5, 5.41) is 38.0. The predicted molar refractivity (Wildman–Crippen MR) is 205 cm³/mol. The van der Waals surface area contributed by atoms with Gasteiger partial charge in [0.05, 0.1) is 13.2 Å². The minimum atomic E-state index is -0.243. The minimum Gasteiger partial charge on any atom is -0.394 e. The molecule has 2 aromatic heterocycles. The van der Waals surface area contributed by atoms with Crippen molar-refractivity contribution in [3.05, 3.63) is 120 Å². The topological polar surface area (TPSA) is 190 Å². The third-order valence-electron chi connectivity index (χ3n) is 7.26. The van der Waals surface area contributed by atoms with Crippen molar-refractivity contribution in [1.29, 1.82) is 0 Å². The molecule has 4 aromatic carbocycles. The first-order chi connectivity index (χ1) is 25.4. The number of hydrogen-bond acceptors (Lipinski definition) is 14. The third-order valence-corrected chi connectivity index (χ3v) is 7.26. The largest absolute Gasteiger partial charge is 1.00 e. The van der Waals surface area contributed by atoms with Crippen LogP contribution in [0.15, 0.2) is 97.1 Å². The van der Waals surface area contributed by atoms with Crippen LogP contribution in [0.1, 0.15) is 25.0 Å². The van der Waals surface area contributed by atoms with Crippen LogP contribution in [0, 0.1) is 12.1 Å². The zero-order valence-electron chi connectivity index (χ0n) is 30.5. The fourth-order valence-corrected chi connectivity index (χ4v) is 4.61. The van der Waals surface area contributed by atoms with Crippen molar-refractivity contribution >= 4 is 70.6 Å². The first-order valence-electron chi connectivity index (χ1n) is 16.6. The van der Waals surface area contributed by atoms with E-state index in [2.05, 4.69) is 73.9 Å². The van der Waals surface area contributed by atoms with Crippen molar-refractivity contribution in [3.8, 4) is 0 Å². The van der Waals surface area contributed by atoms with Crippen molar-refractivity contribution in [1.82, 2.24) is 29.9 Å². The number of aliphatic hydroxyl groups is 2. The number of nitrogens with zero attached hydrogens (tertiary/aromatic N) is 6. The van der Waals surface area contributed by atoms with Crippen LogP contribution in [0.25, 0.3) is 12.2 Å². The van der Waals surface area contributed by atoms with E-state index < -0.39 is 0 Å². The molecule has 0 aliphatic heterocycles. The number of anilines is 10. The fraction of sp³-hybridized carbons (Fsp3) is 0.158. The van der Waals surface area contributed by atoms with E-state index in [-0.39, 0.29) is 84.4 Å². The summed E-state index contributed by atoms with van der Waals surface area (Å²) in [4.78, 5) is 26.9. The summed E-state index contributed by atoms with van der Waals surface area (Å²) in [6.45, 7) is 3.52. The quantitative estimate of drug-likeness (QED) is 0.0387. The van der Waals surface area contributed by atoms with E-state index in [1.165, 1.54) is 0 Å². The molecule has 8 N–H and O–H groups in total. The van der Waals surface area contributed by atoms with Crippen LogP contribution >= 0.6 is 0 Å². The van der Waals surface area contributed by atoms with Crippen molar-refractivity contribution in [3.63, 3.8) is 0 Å². The molecule has 6 rings (SSSR count). The predicted octanol–water partition coefficient (Wildman–Crippen LogP) is 0.395. The number of para-hydroxylation sites is 2. The molecule has 0 bridgehead atoms. The van der Waals surface area contributed by atoms with Gasteiger partial charge >= 0.3 is 59.1 Å². The van der Waals surface area contributed by atoms with Crippen molar-refractivity contribution in [2.75, 3.05) is 45.1 Å². The molecule has 0 saturated carbocycles. The van der Waals surface area contributed by atoms with Gasteiger partial charge < -0.3 is 42.1 Å². The van der Waals surface area contributed by atoms with Gasteiger partial charge in [0.1, 0.15) is 0 Å². The molecule has 0 spiro atoms. The van der Waals surface area contributed by atoms with E-state index in [0.717, 1.165) is 33.9 Å². The van der Waals surface area contributed by atoms with Gasteiger partial charge in [-0.3, -0.25) is 0 Å². The molecule has 0 saturated heterocycles. The Bertz CT molecular complexity index is 1910. The average Bonchev–Trinajstić information content (AvgIpc) is 3.15. The number of aromatic nitrogens is 6. The number of benzene rings is 4. The standard InChI is InChI=1S/C38H38N12O2.2Na/c1-25(23-51)39-33-45-35(41-29-9-5-3-6-10-29)49-37(47-33)43-31-19-15-27(16-20-31)13-14-28-17-21-32(22-18-28)44-38-48-34(40-26(2)24-52)46-36(50-38)42-30-11-7-4-8-12-30;;/h3-15,17,19-22,25-26,51-52H,23-24H2,1-2H3,(H3,39,41,43,45,47,49)(H3,40,42,44,46,48,50);;/q-2;2*+1. The van der Waals surface area contributed by atoms with Crippen LogP contribution < -0.4 is 91.0 Å². The molecule has 16 heteroatoms. The molecular weight excluding hydrogens is 702 g/mol. The monoisotopic (exact) mass is 740 g/mol. The molecule has 54 heavy (non-hydrogen) atoms. The van der Waals surface area contributed by atoms with Crippen LogP contribution in [-0.4, -0.2) is 65.4 Å². The van der Waals surface area contributed by atoms with E-state index >= 15 is 0 Å². The normalized spacial score (nSPS) is 11.7. The van der Waals surface area contributed by atoms with Crippen LogP contribution in [0.4, 0.5) is 58.4 Å². The van der Waals surface area contributed by atoms with Gasteiger partial charge in [-0.05, 0) is 49.5 Å². The minimum absolute atomic E-state index is 0. The van der Waals surface area contributed by atoms with Gasteiger partial charge in [0.15, 0.2) is 0 Å². The Morgan fingerprint density at radius 3 is 1.13 bits per heavy atom. The first kappa shape index (κ1) is 42.1. The molecule has 6 aromatic rings. The summed E-state index contributed by atoms with van der Waals surface area (Å²) in [5.74, 6) is 2.01. The van der Waals surface area contributed by atoms with Crippen LogP contribution in [0.5, 0.6) is 0 Å². The summed E-state index contributed by atoms with van der Waals surface area (Å²) >= 11 is 0. The summed E-state index contributed by atoms with van der Waals surface area (Å²) in [5.41, 5.74) is 4.87. The van der Waals surface area contributed by atoms with E-state index in [4.69, 9.17) is 0 Å². The van der Waals surface area contributed by atoms with Gasteiger partial charge in [-0.1, -0.05) is 36.4 Å². The summed E-state index contributed by atoms with van der Waals surface area (Å²) in [6, 6.07) is 36.5. The van der Waals surface area contributed by atoms with Crippen molar-refractivity contribution < 1.29 is 69.3 Å². The Kier molecular flexibility index (Phi) is 16.6. The Morgan fingerprint density at radius 2 is 0.815 bits per heavy atom. The number of nitrogens with one attached hydrogen (secondary N) is 6. The van der Waals surface area contributed by atoms with Gasteiger partial charge in [0.25, 0.3) is 0 Å². The molecule has 0 aliphatic carbocycles. The number of hydrogen-bond donors (Lipinski definition) is 8.